The number of para-hydroxylation sites is 2. The molecule has 3 aromatic rings. The molecule has 0 fully saturated rings. The highest BCUT2D eigenvalue weighted by atomic mass is 16.5. The summed E-state index contributed by atoms with van der Waals surface area (Å²) in [5.74, 6) is 0.556. The fraction of sp³-hybridized carbons (Fsp3) is 0.167. The normalized spacial score (nSPS) is 10.1. The molecule has 2 amide bonds. The SMILES string of the molecule is COc1cccc(OC)c1C(=O)Nc1ccccc1NC(=O)c1c(OC)cccc1OC. The molecule has 166 valence electrons. The second-order valence-corrected chi connectivity index (χ2v) is 6.53. The van der Waals surface area contributed by atoms with Crippen molar-refractivity contribution in [3.8, 4) is 23.0 Å². The van der Waals surface area contributed by atoms with Crippen LogP contribution in [0.15, 0.2) is 60.7 Å². The predicted octanol–water partition coefficient (Wildman–Crippen LogP) is 4.23. The van der Waals surface area contributed by atoms with Crippen LogP contribution in [0.25, 0.3) is 0 Å². The summed E-state index contributed by atoms with van der Waals surface area (Å²) in [6, 6.07) is 17.0. The Labute approximate surface area is 186 Å². The zero-order chi connectivity index (χ0) is 23.1. The maximum atomic E-state index is 13.1. The van der Waals surface area contributed by atoms with Crippen LogP contribution in [0.1, 0.15) is 20.7 Å². The fourth-order valence-electron chi connectivity index (χ4n) is 3.22. The van der Waals surface area contributed by atoms with Gasteiger partial charge in [0.1, 0.15) is 34.1 Å². The third kappa shape index (κ3) is 4.59. The lowest BCUT2D eigenvalue weighted by atomic mass is 10.1. The van der Waals surface area contributed by atoms with Gasteiger partial charge >= 0.3 is 0 Å². The number of benzene rings is 3. The molecule has 0 aromatic heterocycles. The summed E-state index contributed by atoms with van der Waals surface area (Å²) in [6.45, 7) is 0. The Balaban J connectivity index is 1.92. The monoisotopic (exact) mass is 436 g/mol. The lowest BCUT2D eigenvalue weighted by molar-refractivity contribution is 0.101. The molecule has 3 aromatic carbocycles. The molecule has 0 aliphatic heterocycles. The van der Waals surface area contributed by atoms with Gasteiger partial charge in [-0.3, -0.25) is 9.59 Å². The molecule has 0 saturated heterocycles. The summed E-state index contributed by atoms with van der Waals surface area (Å²) in [4.78, 5) is 26.1. The first kappa shape index (κ1) is 22.5. The van der Waals surface area contributed by atoms with E-state index in [-0.39, 0.29) is 11.1 Å². The van der Waals surface area contributed by atoms with E-state index < -0.39 is 11.8 Å². The lowest BCUT2D eigenvalue weighted by Gasteiger charge is -2.16. The van der Waals surface area contributed by atoms with Gasteiger partial charge in [-0.1, -0.05) is 24.3 Å². The van der Waals surface area contributed by atoms with Gasteiger partial charge in [-0.05, 0) is 36.4 Å². The molecule has 32 heavy (non-hydrogen) atoms. The Morgan fingerprint density at radius 2 is 0.844 bits per heavy atom. The minimum Gasteiger partial charge on any atom is -0.496 e. The van der Waals surface area contributed by atoms with Crippen LogP contribution in [-0.4, -0.2) is 40.3 Å². The Kier molecular flexibility index (Phi) is 7.17. The van der Waals surface area contributed by atoms with E-state index in [4.69, 9.17) is 18.9 Å². The molecule has 0 spiro atoms. The third-order valence-corrected chi connectivity index (χ3v) is 4.73. The molecule has 2 N–H and O–H groups in total. The lowest BCUT2D eigenvalue weighted by Crippen LogP contribution is -2.18. The van der Waals surface area contributed by atoms with Crippen molar-refractivity contribution in [2.75, 3.05) is 39.1 Å². The van der Waals surface area contributed by atoms with E-state index in [0.717, 1.165) is 0 Å². The molecule has 0 saturated carbocycles. The molecule has 0 heterocycles. The number of hydrogen-bond acceptors (Lipinski definition) is 6. The molecular weight excluding hydrogens is 412 g/mol. The minimum atomic E-state index is -0.448. The molecule has 0 aliphatic carbocycles. The van der Waals surface area contributed by atoms with E-state index >= 15 is 0 Å². The van der Waals surface area contributed by atoms with Gasteiger partial charge in [0.25, 0.3) is 11.8 Å². The van der Waals surface area contributed by atoms with Crippen molar-refractivity contribution in [2.24, 2.45) is 0 Å². The van der Waals surface area contributed by atoms with Crippen molar-refractivity contribution in [1.82, 2.24) is 0 Å². The number of ether oxygens (including phenoxy) is 4. The van der Waals surface area contributed by atoms with Crippen LogP contribution in [0.3, 0.4) is 0 Å². The second-order valence-electron chi connectivity index (χ2n) is 6.53. The number of hydrogen-bond donors (Lipinski definition) is 2. The first-order chi connectivity index (χ1) is 15.5. The highest BCUT2D eigenvalue weighted by Crippen LogP contribution is 2.32. The fourth-order valence-corrected chi connectivity index (χ4v) is 3.22. The van der Waals surface area contributed by atoms with Crippen molar-refractivity contribution in [3.63, 3.8) is 0 Å². The quantitative estimate of drug-likeness (QED) is 0.549. The number of carbonyl (C=O) groups excluding carboxylic acids is 2. The van der Waals surface area contributed by atoms with Gasteiger partial charge in [0.2, 0.25) is 0 Å². The highest BCUT2D eigenvalue weighted by Gasteiger charge is 2.22. The Hall–Kier alpha value is -4.20. The molecule has 3 rings (SSSR count). The Morgan fingerprint density at radius 3 is 1.12 bits per heavy atom. The summed E-state index contributed by atoms with van der Waals surface area (Å²) in [5.41, 5.74) is 1.27. The molecule has 8 nitrogen and oxygen atoms in total. The van der Waals surface area contributed by atoms with Crippen molar-refractivity contribution in [3.05, 3.63) is 71.8 Å². The van der Waals surface area contributed by atoms with Gasteiger partial charge in [0.05, 0.1) is 39.8 Å². The highest BCUT2D eigenvalue weighted by molar-refractivity contribution is 6.13. The van der Waals surface area contributed by atoms with Gasteiger partial charge in [-0.2, -0.15) is 0 Å². The summed E-state index contributed by atoms with van der Waals surface area (Å²) < 4.78 is 21.2. The molecule has 0 radical (unpaired) electrons. The predicted molar refractivity (Wildman–Crippen MR) is 121 cm³/mol. The summed E-state index contributed by atoms with van der Waals surface area (Å²) >= 11 is 0. The van der Waals surface area contributed by atoms with Crippen molar-refractivity contribution < 1.29 is 28.5 Å². The van der Waals surface area contributed by atoms with Gasteiger partial charge < -0.3 is 29.6 Å². The minimum absolute atomic E-state index is 0.241. The Morgan fingerprint density at radius 1 is 0.531 bits per heavy atom. The van der Waals surface area contributed by atoms with Crippen LogP contribution >= 0.6 is 0 Å². The van der Waals surface area contributed by atoms with Gasteiger partial charge in [0, 0.05) is 0 Å². The number of nitrogens with one attached hydrogen (secondary N) is 2. The summed E-state index contributed by atoms with van der Waals surface area (Å²) in [7, 11) is 5.89. The van der Waals surface area contributed by atoms with Crippen LogP contribution in [0.2, 0.25) is 0 Å². The maximum absolute atomic E-state index is 13.1. The molecule has 0 unspecified atom stereocenters. The topological polar surface area (TPSA) is 95.1 Å². The van der Waals surface area contributed by atoms with Crippen LogP contribution < -0.4 is 29.6 Å². The summed E-state index contributed by atoms with van der Waals surface area (Å²) in [5, 5.41) is 5.63. The molecule has 0 aliphatic rings. The smallest absolute Gasteiger partial charge is 0.263 e. The van der Waals surface area contributed by atoms with Gasteiger partial charge in [-0.15, -0.1) is 0 Å². The van der Waals surface area contributed by atoms with E-state index in [1.165, 1.54) is 28.4 Å². The zero-order valence-corrected chi connectivity index (χ0v) is 18.2. The number of anilines is 2. The second kappa shape index (κ2) is 10.2. The van der Waals surface area contributed by atoms with Crippen molar-refractivity contribution in [1.29, 1.82) is 0 Å². The average Bonchev–Trinajstić information content (AvgIpc) is 2.83. The van der Waals surface area contributed by atoms with Crippen LogP contribution in [0.5, 0.6) is 23.0 Å². The standard InChI is InChI=1S/C24H24N2O6/c1-29-17-11-7-12-18(30-2)21(17)23(27)25-15-9-5-6-10-16(15)26-24(28)22-19(31-3)13-8-14-20(22)32-4/h5-14H,1-4H3,(H,25,27)(H,26,28). The van der Waals surface area contributed by atoms with Crippen LogP contribution in [-0.2, 0) is 0 Å². The first-order valence-corrected chi connectivity index (χ1v) is 9.67. The van der Waals surface area contributed by atoms with E-state index in [1.807, 2.05) is 0 Å². The van der Waals surface area contributed by atoms with E-state index in [1.54, 1.807) is 60.7 Å². The van der Waals surface area contributed by atoms with Gasteiger partial charge in [-0.25, -0.2) is 0 Å². The zero-order valence-electron chi connectivity index (χ0n) is 18.2. The van der Waals surface area contributed by atoms with E-state index in [0.29, 0.717) is 34.4 Å². The first-order valence-electron chi connectivity index (χ1n) is 9.67. The summed E-state index contributed by atoms with van der Waals surface area (Å²) in [6.07, 6.45) is 0. The molecule has 0 atom stereocenters. The molecular formula is C24H24N2O6. The van der Waals surface area contributed by atoms with E-state index in [9.17, 15) is 9.59 Å². The average molecular weight is 436 g/mol. The third-order valence-electron chi connectivity index (χ3n) is 4.73. The number of carbonyl (C=O) groups is 2. The number of amides is 2. The number of methoxy groups -OCH3 is 4. The van der Waals surface area contributed by atoms with Gasteiger partial charge in [0.15, 0.2) is 0 Å². The molecule has 0 bridgehead atoms. The number of rotatable bonds is 8. The van der Waals surface area contributed by atoms with Crippen molar-refractivity contribution >= 4 is 23.2 Å². The van der Waals surface area contributed by atoms with E-state index in [2.05, 4.69) is 10.6 Å². The van der Waals surface area contributed by atoms with Crippen molar-refractivity contribution in [2.45, 2.75) is 0 Å². The largest absolute Gasteiger partial charge is 0.496 e. The van der Waals surface area contributed by atoms with Crippen LogP contribution in [0.4, 0.5) is 11.4 Å². The maximum Gasteiger partial charge on any atom is 0.263 e. The Bertz CT molecular complexity index is 996. The van der Waals surface area contributed by atoms with Crippen LogP contribution in [0, 0.1) is 0 Å². The molecule has 8 heteroatoms.